The summed E-state index contributed by atoms with van der Waals surface area (Å²) in [5, 5.41) is 12.7. The van der Waals surface area contributed by atoms with Gasteiger partial charge in [-0.2, -0.15) is 0 Å². The van der Waals surface area contributed by atoms with E-state index in [2.05, 4.69) is 26.9 Å². The fourth-order valence-electron chi connectivity index (χ4n) is 2.31. The average Bonchev–Trinajstić information content (AvgIpc) is 2.49. The van der Waals surface area contributed by atoms with E-state index < -0.39 is 10.0 Å². The summed E-state index contributed by atoms with van der Waals surface area (Å²) < 4.78 is 26.8. The molecule has 3 N–H and O–H groups in total. The van der Waals surface area contributed by atoms with E-state index in [0.29, 0.717) is 6.54 Å². The van der Waals surface area contributed by atoms with Crippen molar-refractivity contribution in [3.63, 3.8) is 0 Å². The van der Waals surface area contributed by atoms with Gasteiger partial charge in [0, 0.05) is 45.5 Å². The predicted molar refractivity (Wildman–Crippen MR) is 89.0 cm³/mol. The number of nitrogens with one attached hydrogen (secondary N) is 2. The number of phenolic OH excluding ortho intramolecular Hbond substituents is 1. The maximum absolute atomic E-state index is 12.2. The van der Waals surface area contributed by atoms with Gasteiger partial charge in [0.15, 0.2) is 0 Å². The maximum atomic E-state index is 12.2. The van der Waals surface area contributed by atoms with Crippen LogP contribution in [0.5, 0.6) is 5.75 Å². The predicted octanol–water partition coefficient (Wildman–Crippen LogP) is 0.423. The summed E-state index contributed by atoms with van der Waals surface area (Å²) in [4.78, 5) is 4.37. The zero-order chi connectivity index (χ0) is 16.2. The molecule has 0 aliphatic carbocycles. The van der Waals surface area contributed by atoms with Crippen LogP contribution in [0, 0.1) is 0 Å². The molecule has 0 radical (unpaired) electrons. The number of aromatic hydroxyl groups is 1. The molecule has 1 aliphatic rings. The summed E-state index contributed by atoms with van der Waals surface area (Å²) in [6.07, 6.45) is 0. The Kier molecular flexibility index (Phi) is 5.49. The molecule has 1 aliphatic heterocycles. The molecule has 0 amide bonds. The number of hydrogen-bond donors (Lipinski definition) is 3. The van der Waals surface area contributed by atoms with E-state index in [9.17, 15) is 13.5 Å². The highest BCUT2D eigenvalue weighted by molar-refractivity contribution is 7.92. The quantitative estimate of drug-likeness (QED) is 0.518. The molecule has 1 aromatic carbocycles. The first-order chi connectivity index (χ1) is 10.4. The van der Waals surface area contributed by atoms with E-state index in [1.54, 1.807) is 19.2 Å². The minimum Gasteiger partial charge on any atom is -0.506 e. The summed E-state index contributed by atoms with van der Waals surface area (Å²) >= 11 is 0. The van der Waals surface area contributed by atoms with Crippen LogP contribution in [0.25, 0.3) is 0 Å². The van der Waals surface area contributed by atoms with Crippen LogP contribution in [0.3, 0.4) is 0 Å². The van der Waals surface area contributed by atoms with Gasteiger partial charge in [-0.1, -0.05) is 0 Å². The van der Waals surface area contributed by atoms with Gasteiger partial charge in [-0.3, -0.25) is 9.62 Å². The zero-order valence-corrected chi connectivity index (χ0v) is 13.9. The van der Waals surface area contributed by atoms with Crippen LogP contribution >= 0.6 is 0 Å². The van der Waals surface area contributed by atoms with Gasteiger partial charge in [0.05, 0.1) is 11.4 Å². The van der Waals surface area contributed by atoms with Gasteiger partial charge >= 0.3 is 0 Å². The molecule has 1 aromatic rings. The number of anilines is 2. The molecule has 2 rings (SSSR count). The van der Waals surface area contributed by atoms with Crippen molar-refractivity contribution in [2.24, 2.45) is 0 Å². The smallest absolute Gasteiger partial charge is 0.234 e. The van der Waals surface area contributed by atoms with Crippen molar-refractivity contribution in [3.05, 3.63) is 18.2 Å². The van der Waals surface area contributed by atoms with E-state index in [1.165, 1.54) is 6.07 Å². The summed E-state index contributed by atoms with van der Waals surface area (Å²) in [5.74, 6) is -0.0675. The minimum atomic E-state index is -3.49. The van der Waals surface area contributed by atoms with E-state index >= 15 is 0 Å². The number of piperazine rings is 1. The molecule has 0 saturated carbocycles. The summed E-state index contributed by atoms with van der Waals surface area (Å²) in [5.41, 5.74) is 0.930. The van der Waals surface area contributed by atoms with Crippen molar-refractivity contribution in [2.45, 2.75) is 0 Å². The Morgan fingerprint density at radius 2 is 1.91 bits per heavy atom. The molecular formula is C14H24N4O3S. The normalized spacial score (nSPS) is 17.4. The molecule has 0 bridgehead atoms. The molecule has 7 nitrogen and oxygen atoms in total. The Labute approximate surface area is 132 Å². The lowest BCUT2D eigenvalue weighted by molar-refractivity contribution is 0.161. The lowest BCUT2D eigenvalue weighted by atomic mass is 10.2. The topological polar surface area (TPSA) is 84.9 Å². The van der Waals surface area contributed by atoms with Crippen LogP contribution in [-0.4, -0.2) is 75.9 Å². The van der Waals surface area contributed by atoms with Crippen molar-refractivity contribution in [3.8, 4) is 5.75 Å². The number of benzene rings is 1. The Balaban J connectivity index is 1.93. The van der Waals surface area contributed by atoms with E-state index in [4.69, 9.17) is 0 Å². The van der Waals surface area contributed by atoms with Crippen LogP contribution in [0.1, 0.15) is 0 Å². The first-order valence-corrected chi connectivity index (χ1v) is 8.97. The van der Waals surface area contributed by atoms with Gasteiger partial charge < -0.3 is 15.3 Å². The number of phenols is 1. The van der Waals surface area contributed by atoms with Crippen molar-refractivity contribution in [1.82, 2.24) is 9.80 Å². The monoisotopic (exact) mass is 328 g/mol. The van der Waals surface area contributed by atoms with Gasteiger partial charge in [-0.15, -0.1) is 0 Å². The number of sulfonamides is 1. The average molecular weight is 328 g/mol. The molecule has 124 valence electrons. The van der Waals surface area contributed by atoms with Crippen LogP contribution in [0.2, 0.25) is 0 Å². The Morgan fingerprint density at radius 3 is 2.55 bits per heavy atom. The highest BCUT2D eigenvalue weighted by Gasteiger charge is 2.18. The third-order valence-corrected chi connectivity index (χ3v) is 5.07. The summed E-state index contributed by atoms with van der Waals surface area (Å²) in [6.45, 7) is 4.17. The maximum Gasteiger partial charge on any atom is 0.234 e. The van der Waals surface area contributed by atoms with Gasteiger partial charge in [0.2, 0.25) is 10.0 Å². The Hall–Kier alpha value is -1.51. The van der Waals surface area contributed by atoms with Gasteiger partial charge in [-0.25, -0.2) is 8.42 Å². The number of nitrogens with zero attached hydrogens (tertiary/aromatic N) is 2. The first-order valence-electron chi connectivity index (χ1n) is 7.32. The fraction of sp³-hybridized carbons (Fsp3) is 0.571. The van der Waals surface area contributed by atoms with Crippen LogP contribution in [0.15, 0.2) is 18.2 Å². The highest BCUT2D eigenvalue weighted by atomic mass is 32.2. The zero-order valence-electron chi connectivity index (χ0n) is 13.0. The van der Waals surface area contributed by atoms with Crippen molar-refractivity contribution < 1.29 is 13.5 Å². The number of likely N-dealkylation sites (N-methyl/N-ethyl adjacent to an activating group) is 1. The van der Waals surface area contributed by atoms with Gasteiger partial charge in [0.25, 0.3) is 0 Å². The van der Waals surface area contributed by atoms with Gasteiger partial charge in [0.1, 0.15) is 5.75 Å². The second kappa shape index (κ2) is 7.17. The molecule has 1 heterocycles. The lowest BCUT2D eigenvalue weighted by Gasteiger charge is -2.32. The fourth-order valence-corrected chi connectivity index (χ4v) is 3.41. The van der Waals surface area contributed by atoms with Crippen molar-refractivity contribution in [2.75, 3.05) is 62.6 Å². The molecule has 0 aromatic heterocycles. The van der Waals surface area contributed by atoms with Crippen LogP contribution in [-0.2, 0) is 10.0 Å². The summed E-state index contributed by atoms with van der Waals surface area (Å²) in [6, 6.07) is 4.71. The molecule has 8 heteroatoms. The lowest BCUT2D eigenvalue weighted by Crippen LogP contribution is -2.46. The molecular weight excluding hydrogens is 304 g/mol. The molecule has 1 saturated heterocycles. The van der Waals surface area contributed by atoms with Crippen LogP contribution < -0.4 is 10.0 Å². The standard InChI is InChI=1S/C14H24N4O3S/c1-15-12-3-4-14(19)13(11-12)16-22(20,21)10-9-18-7-5-17(2)6-8-18/h3-4,11,15-16,19H,5-10H2,1-2H3. The third-order valence-electron chi connectivity index (χ3n) is 3.82. The molecule has 22 heavy (non-hydrogen) atoms. The van der Waals surface area contributed by atoms with E-state index in [1.807, 2.05) is 0 Å². The van der Waals surface area contributed by atoms with E-state index in [0.717, 1.165) is 31.9 Å². The molecule has 0 atom stereocenters. The van der Waals surface area contributed by atoms with Gasteiger partial charge in [-0.05, 0) is 25.2 Å². The van der Waals surface area contributed by atoms with Crippen molar-refractivity contribution in [1.29, 1.82) is 0 Å². The summed E-state index contributed by atoms with van der Waals surface area (Å²) in [7, 11) is 0.309. The SMILES string of the molecule is CNc1ccc(O)c(NS(=O)(=O)CCN2CCN(C)CC2)c1. The highest BCUT2D eigenvalue weighted by Crippen LogP contribution is 2.27. The third kappa shape index (κ3) is 4.75. The second-order valence-electron chi connectivity index (χ2n) is 5.55. The van der Waals surface area contributed by atoms with Crippen molar-refractivity contribution >= 4 is 21.4 Å². The number of rotatable bonds is 6. The Bertz CT molecular complexity index is 598. The van der Waals surface area contributed by atoms with Crippen LogP contribution in [0.4, 0.5) is 11.4 Å². The first kappa shape index (κ1) is 16.9. The Morgan fingerprint density at radius 1 is 1.23 bits per heavy atom. The molecule has 1 fully saturated rings. The number of hydrogen-bond acceptors (Lipinski definition) is 6. The van der Waals surface area contributed by atoms with E-state index in [-0.39, 0.29) is 17.2 Å². The molecule has 0 unspecified atom stereocenters. The second-order valence-corrected chi connectivity index (χ2v) is 7.39. The molecule has 0 spiro atoms. The largest absolute Gasteiger partial charge is 0.506 e. The minimum absolute atomic E-state index is 0.0138.